The van der Waals surface area contributed by atoms with Crippen LogP contribution >= 0.6 is 0 Å². The Morgan fingerprint density at radius 3 is 2.62 bits per heavy atom. The van der Waals surface area contributed by atoms with Crippen molar-refractivity contribution in [1.82, 2.24) is 10.2 Å². The summed E-state index contributed by atoms with van der Waals surface area (Å²) in [5.41, 5.74) is 0.625. The van der Waals surface area contributed by atoms with Gasteiger partial charge in [-0.15, -0.1) is 0 Å². The van der Waals surface area contributed by atoms with Crippen LogP contribution in [0.5, 0.6) is 0 Å². The number of hydrogen-bond donors (Lipinski definition) is 3. The summed E-state index contributed by atoms with van der Waals surface area (Å²) in [6.07, 6.45) is 2.41. The lowest BCUT2D eigenvalue weighted by atomic mass is 9.82. The summed E-state index contributed by atoms with van der Waals surface area (Å²) in [5.74, 6) is -1.25. The number of benzene rings is 2. The SMILES string of the molecule is C[C@H]1[C@H]([Si](C)(C)F)[C@@H](CC(=O)N2CCC[C@H]2CO)O[C@]12C(=O)N(Cc1ccccc1)c1ccc(NC(=O)C3CCCNC3)cc12. The lowest BCUT2D eigenvalue weighted by Gasteiger charge is -2.31. The molecule has 2 aromatic carbocycles. The van der Waals surface area contributed by atoms with Gasteiger partial charge in [0.2, 0.25) is 20.2 Å². The van der Waals surface area contributed by atoms with E-state index in [-0.39, 0.29) is 42.7 Å². The van der Waals surface area contributed by atoms with E-state index in [1.54, 1.807) is 22.9 Å². The number of piperidine rings is 1. The van der Waals surface area contributed by atoms with Gasteiger partial charge in [0.15, 0.2) is 5.60 Å². The van der Waals surface area contributed by atoms with Crippen molar-refractivity contribution in [3.63, 3.8) is 0 Å². The van der Waals surface area contributed by atoms with Gasteiger partial charge in [0.1, 0.15) is 0 Å². The van der Waals surface area contributed by atoms with Crippen LogP contribution in [0.15, 0.2) is 48.5 Å². The van der Waals surface area contributed by atoms with Gasteiger partial charge in [0, 0.05) is 35.8 Å². The van der Waals surface area contributed by atoms with Gasteiger partial charge in [0.25, 0.3) is 5.91 Å². The molecule has 1 unspecified atom stereocenters. The largest absolute Gasteiger partial charge is 0.394 e. The third-order valence-electron chi connectivity index (χ3n) is 10.4. The molecule has 242 valence electrons. The van der Waals surface area contributed by atoms with Crippen molar-refractivity contribution in [3.8, 4) is 0 Å². The van der Waals surface area contributed by atoms with Crippen LogP contribution in [0.25, 0.3) is 0 Å². The number of nitrogens with one attached hydrogen (secondary N) is 2. The smallest absolute Gasteiger partial charge is 0.264 e. The highest BCUT2D eigenvalue weighted by atomic mass is 28.4. The second-order valence-electron chi connectivity index (χ2n) is 13.7. The van der Waals surface area contributed by atoms with Gasteiger partial charge in [-0.3, -0.25) is 14.4 Å². The van der Waals surface area contributed by atoms with E-state index in [0.717, 1.165) is 37.8 Å². The number of fused-ring (bicyclic) bond motifs is 2. The van der Waals surface area contributed by atoms with Crippen LogP contribution < -0.4 is 15.5 Å². The topological polar surface area (TPSA) is 111 Å². The van der Waals surface area contributed by atoms with Crippen molar-refractivity contribution in [3.05, 3.63) is 59.7 Å². The van der Waals surface area contributed by atoms with Crippen molar-refractivity contribution >= 4 is 37.5 Å². The van der Waals surface area contributed by atoms with Gasteiger partial charge in [-0.05, 0) is 69.1 Å². The second-order valence-corrected chi connectivity index (χ2v) is 17.5. The Kier molecular flexibility index (Phi) is 8.90. The minimum Gasteiger partial charge on any atom is -0.394 e. The molecule has 0 saturated carbocycles. The molecule has 3 saturated heterocycles. The van der Waals surface area contributed by atoms with Gasteiger partial charge in [0.05, 0.1) is 43.3 Å². The zero-order valence-electron chi connectivity index (χ0n) is 26.4. The Hall–Kier alpha value is -3.12. The predicted molar refractivity (Wildman–Crippen MR) is 173 cm³/mol. The molecule has 3 fully saturated rings. The Bertz CT molecular complexity index is 1430. The number of anilines is 2. The molecule has 4 heterocycles. The lowest BCUT2D eigenvalue weighted by Crippen LogP contribution is -2.45. The third-order valence-corrected chi connectivity index (χ3v) is 12.8. The van der Waals surface area contributed by atoms with Gasteiger partial charge in [-0.1, -0.05) is 37.3 Å². The maximum absolute atomic E-state index is 16.3. The summed E-state index contributed by atoms with van der Waals surface area (Å²) in [6, 6.07) is 14.9. The summed E-state index contributed by atoms with van der Waals surface area (Å²) in [4.78, 5) is 44.9. The molecule has 9 nitrogen and oxygen atoms in total. The molecule has 3 amide bonds. The lowest BCUT2D eigenvalue weighted by molar-refractivity contribution is -0.150. The van der Waals surface area contributed by atoms with E-state index < -0.39 is 31.6 Å². The minimum absolute atomic E-state index is 0.0555. The molecule has 11 heteroatoms. The first-order valence-corrected chi connectivity index (χ1v) is 19.3. The van der Waals surface area contributed by atoms with Crippen LogP contribution in [0.4, 0.5) is 15.5 Å². The molecule has 2 aromatic rings. The van der Waals surface area contributed by atoms with E-state index in [2.05, 4.69) is 10.6 Å². The Morgan fingerprint density at radius 2 is 1.93 bits per heavy atom. The number of carbonyl (C=O) groups is 3. The quantitative estimate of drug-likeness (QED) is 0.294. The summed E-state index contributed by atoms with van der Waals surface area (Å²) in [5, 5.41) is 16.2. The maximum atomic E-state index is 16.3. The summed E-state index contributed by atoms with van der Waals surface area (Å²) in [6.45, 7) is 7.38. The van der Waals surface area contributed by atoms with Gasteiger partial charge in [-0.2, -0.15) is 0 Å². The summed E-state index contributed by atoms with van der Waals surface area (Å²) in [7, 11) is -3.48. The molecule has 6 atom stereocenters. The highest BCUT2D eigenvalue weighted by Gasteiger charge is 2.67. The third kappa shape index (κ3) is 5.84. The minimum atomic E-state index is -3.48. The molecule has 4 aliphatic heterocycles. The molecule has 4 aliphatic rings. The van der Waals surface area contributed by atoms with Crippen LogP contribution in [-0.2, 0) is 31.3 Å². The van der Waals surface area contributed by atoms with Crippen LogP contribution in [0.2, 0.25) is 18.6 Å². The van der Waals surface area contributed by atoms with E-state index in [9.17, 15) is 19.5 Å². The molecule has 45 heavy (non-hydrogen) atoms. The first-order valence-electron chi connectivity index (χ1n) is 16.3. The molecular formula is C34H45FN4O5Si. The normalized spacial score (nSPS) is 29.8. The molecule has 0 aliphatic carbocycles. The van der Waals surface area contributed by atoms with E-state index in [1.165, 1.54) is 0 Å². The number of aliphatic hydroxyl groups excluding tert-OH is 1. The highest BCUT2D eigenvalue weighted by Crippen LogP contribution is 2.60. The Balaban J connectivity index is 1.38. The van der Waals surface area contributed by atoms with Crippen molar-refractivity contribution in [2.45, 2.75) is 82.0 Å². The molecule has 3 N–H and O–H groups in total. The number of aliphatic hydroxyl groups is 1. The maximum Gasteiger partial charge on any atom is 0.264 e. The van der Waals surface area contributed by atoms with Crippen molar-refractivity contribution in [2.24, 2.45) is 11.8 Å². The van der Waals surface area contributed by atoms with E-state index in [4.69, 9.17) is 4.74 Å². The number of hydrogen-bond acceptors (Lipinski definition) is 6. The fourth-order valence-corrected chi connectivity index (χ4v) is 10.7. The van der Waals surface area contributed by atoms with Gasteiger partial charge >= 0.3 is 0 Å². The van der Waals surface area contributed by atoms with E-state index >= 15 is 4.11 Å². The first-order chi connectivity index (χ1) is 21.5. The fraction of sp³-hybridized carbons (Fsp3) is 0.559. The van der Waals surface area contributed by atoms with Crippen LogP contribution in [0.1, 0.15) is 50.2 Å². The van der Waals surface area contributed by atoms with E-state index in [0.29, 0.717) is 36.6 Å². The number of carbonyl (C=O) groups excluding carboxylic acids is 3. The van der Waals surface area contributed by atoms with Crippen molar-refractivity contribution in [2.75, 3.05) is 36.5 Å². The second kappa shape index (κ2) is 12.6. The van der Waals surface area contributed by atoms with Gasteiger partial charge in [-0.25, -0.2) is 0 Å². The Morgan fingerprint density at radius 1 is 1.16 bits per heavy atom. The van der Waals surface area contributed by atoms with Gasteiger partial charge < -0.3 is 34.4 Å². The first kappa shape index (κ1) is 31.8. The molecule has 0 bridgehead atoms. The Labute approximate surface area is 265 Å². The number of halogens is 1. The number of likely N-dealkylation sites (tertiary alicyclic amines) is 1. The number of nitrogens with zero attached hydrogens (tertiary/aromatic N) is 2. The van der Waals surface area contributed by atoms with Crippen LogP contribution in [-0.4, -0.2) is 74.5 Å². The number of amides is 3. The molecular weight excluding hydrogens is 591 g/mol. The number of ether oxygens (including phenoxy) is 1. The summed E-state index contributed by atoms with van der Waals surface area (Å²) >= 11 is 0. The molecule has 0 radical (unpaired) electrons. The van der Waals surface area contributed by atoms with Crippen LogP contribution in [0.3, 0.4) is 0 Å². The standard InChI is InChI=1S/C34H45FN4O5Si/c1-22-31(45(2,3)35)29(18-30(41)38-16-8-12-26(38)21-40)44-34(22)27-17-25(37-32(42)24-11-7-15-36-19-24)13-14-28(27)39(33(34)43)20-23-9-5-4-6-10-23/h4-6,9-10,13-14,17,22,24,26,29,31,36,40H,7-8,11-12,15-16,18-21H2,1-3H3,(H,37,42)/t22-,24?,26-,29+,31-,34+/m0/s1. The zero-order chi connectivity index (χ0) is 31.9. The van der Waals surface area contributed by atoms with Crippen LogP contribution in [0, 0.1) is 11.8 Å². The average molecular weight is 637 g/mol. The molecule has 1 spiro atoms. The molecule has 0 aromatic heterocycles. The number of rotatable bonds is 8. The molecule has 6 rings (SSSR count). The fourth-order valence-electron chi connectivity index (χ4n) is 8.21. The summed E-state index contributed by atoms with van der Waals surface area (Å²) < 4.78 is 23.1. The van der Waals surface area contributed by atoms with Crippen molar-refractivity contribution < 1.29 is 28.3 Å². The highest BCUT2D eigenvalue weighted by molar-refractivity contribution is 6.72. The zero-order valence-corrected chi connectivity index (χ0v) is 27.4. The monoisotopic (exact) mass is 636 g/mol. The average Bonchev–Trinajstić information content (AvgIpc) is 3.68. The predicted octanol–water partition coefficient (Wildman–Crippen LogP) is 4.32. The van der Waals surface area contributed by atoms with Crippen molar-refractivity contribution in [1.29, 1.82) is 0 Å². The van der Waals surface area contributed by atoms with E-state index in [1.807, 2.05) is 55.5 Å².